The lowest BCUT2D eigenvalue weighted by molar-refractivity contribution is -0.139. The molecule has 24 heavy (non-hydrogen) atoms. The van der Waals surface area contributed by atoms with Gasteiger partial charge < -0.3 is 14.6 Å². The lowest BCUT2D eigenvalue weighted by Crippen LogP contribution is -2.52. The number of hydrogen-bond acceptors (Lipinski definition) is 3. The van der Waals surface area contributed by atoms with E-state index in [-0.39, 0.29) is 11.9 Å². The molecule has 0 bridgehead atoms. The number of aliphatic hydroxyl groups excluding tert-OH is 1. The van der Waals surface area contributed by atoms with E-state index in [0.29, 0.717) is 19.4 Å². The van der Waals surface area contributed by atoms with Crippen molar-refractivity contribution in [1.82, 2.24) is 14.5 Å². The molecular weight excluding hydrogens is 302 g/mol. The van der Waals surface area contributed by atoms with Crippen LogP contribution in [-0.2, 0) is 17.8 Å². The number of likely N-dealkylation sites (tertiary alicyclic amines) is 1. The van der Waals surface area contributed by atoms with Crippen LogP contribution in [0, 0.1) is 6.92 Å². The average Bonchev–Trinajstić information content (AvgIpc) is 3.00. The third kappa shape index (κ3) is 3.85. The minimum absolute atomic E-state index is 0.114. The highest BCUT2D eigenvalue weighted by Crippen LogP contribution is 2.22. The minimum Gasteiger partial charge on any atom is -0.391 e. The Hall–Kier alpha value is -2.14. The summed E-state index contributed by atoms with van der Waals surface area (Å²) in [5.41, 5.74) is 1.16. The van der Waals surface area contributed by atoms with Crippen molar-refractivity contribution >= 4 is 5.91 Å². The number of amides is 1. The molecule has 2 heterocycles. The van der Waals surface area contributed by atoms with E-state index >= 15 is 0 Å². The Balaban J connectivity index is 1.66. The van der Waals surface area contributed by atoms with Crippen LogP contribution in [0.4, 0.5) is 0 Å². The maximum absolute atomic E-state index is 12.7. The van der Waals surface area contributed by atoms with Gasteiger partial charge in [-0.15, -0.1) is 0 Å². The Morgan fingerprint density at radius 2 is 2.12 bits per heavy atom. The molecule has 1 aromatic carbocycles. The van der Waals surface area contributed by atoms with E-state index in [1.54, 1.807) is 6.20 Å². The van der Waals surface area contributed by atoms with Gasteiger partial charge in [-0.05, 0) is 31.7 Å². The third-order valence-electron chi connectivity index (χ3n) is 4.84. The van der Waals surface area contributed by atoms with E-state index in [1.165, 1.54) is 0 Å². The number of piperidine rings is 1. The molecule has 0 spiro atoms. The first-order valence-corrected chi connectivity index (χ1v) is 8.64. The van der Waals surface area contributed by atoms with Crippen LogP contribution < -0.4 is 0 Å². The van der Waals surface area contributed by atoms with Crippen LogP contribution >= 0.6 is 0 Å². The average molecular weight is 327 g/mol. The second kappa shape index (κ2) is 7.62. The Bertz CT molecular complexity index is 668. The number of benzene rings is 1. The SMILES string of the molecule is Cc1nccn1CCC(=O)N1CCC[C@H](O)[C@@H]1Cc1ccccc1. The van der Waals surface area contributed by atoms with Crippen LogP contribution in [0.5, 0.6) is 0 Å². The zero-order valence-corrected chi connectivity index (χ0v) is 14.1. The van der Waals surface area contributed by atoms with Crippen molar-refractivity contribution in [1.29, 1.82) is 0 Å². The van der Waals surface area contributed by atoms with Crippen molar-refractivity contribution in [3.63, 3.8) is 0 Å². The summed E-state index contributed by atoms with van der Waals surface area (Å²) in [4.78, 5) is 18.8. The summed E-state index contributed by atoms with van der Waals surface area (Å²) >= 11 is 0. The first-order valence-electron chi connectivity index (χ1n) is 8.64. The Morgan fingerprint density at radius 1 is 1.33 bits per heavy atom. The van der Waals surface area contributed by atoms with Gasteiger partial charge in [0, 0.05) is 31.9 Å². The van der Waals surface area contributed by atoms with Gasteiger partial charge >= 0.3 is 0 Å². The highest BCUT2D eigenvalue weighted by molar-refractivity contribution is 5.76. The molecule has 1 aliphatic rings. The second-order valence-corrected chi connectivity index (χ2v) is 6.47. The number of aryl methyl sites for hydroxylation is 2. The molecule has 5 nitrogen and oxygen atoms in total. The number of imidazole rings is 1. The summed E-state index contributed by atoms with van der Waals surface area (Å²) in [6, 6.07) is 9.96. The zero-order valence-electron chi connectivity index (χ0n) is 14.1. The van der Waals surface area contributed by atoms with Crippen molar-refractivity contribution in [3.8, 4) is 0 Å². The van der Waals surface area contributed by atoms with Crippen LogP contribution in [0.2, 0.25) is 0 Å². The largest absolute Gasteiger partial charge is 0.391 e. The molecular formula is C19H25N3O2. The van der Waals surface area contributed by atoms with E-state index in [4.69, 9.17) is 0 Å². The van der Waals surface area contributed by atoms with Crippen molar-refractivity contribution in [2.45, 2.75) is 51.3 Å². The zero-order chi connectivity index (χ0) is 16.9. The van der Waals surface area contributed by atoms with Crippen LogP contribution in [0.15, 0.2) is 42.7 Å². The fourth-order valence-electron chi connectivity index (χ4n) is 3.45. The molecule has 2 atom stereocenters. The first-order chi connectivity index (χ1) is 11.6. The number of hydrogen-bond donors (Lipinski definition) is 1. The summed E-state index contributed by atoms with van der Waals surface area (Å²) in [7, 11) is 0. The number of carbonyl (C=O) groups excluding carboxylic acids is 1. The lowest BCUT2D eigenvalue weighted by atomic mass is 9.92. The normalized spacial score (nSPS) is 21.0. The molecule has 1 fully saturated rings. The van der Waals surface area contributed by atoms with E-state index < -0.39 is 6.10 Å². The highest BCUT2D eigenvalue weighted by atomic mass is 16.3. The molecule has 0 saturated carbocycles. The monoisotopic (exact) mass is 327 g/mol. The van der Waals surface area contributed by atoms with Crippen LogP contribution in [-0.4, -0.2) is 44.2 Å². The van der Waals surface area contributed by atoms with Crippen molar-refractivity contribution in [2.75, 3.05) is 6.54 Å². The van der Waals surface area contributed by atoms with E-state index in [0.717, 1.165) is 30.8 Å². The summed E-state index contributed by atoms with van der Waals surface area (Å²) in [6.45, 7) is 3.30. The summed E-state index contributed by atoms with van der Waals surface area (Å²) < 4.78 is 1.99. The van der Waals surface area contributed by atoms with Gasteiger partial charge in [-0.25, -0.2) is 4.98 Å². The predicted molar refractivity (Wildman–Crippen MR) is 92.5 cm³/mol. The fraction of sp³-hybridized carbons (Fsp3) is 0.474. The van der Waals surface area contributed by atoms with Crippen LogP contribution in [0.3, 0.4) is 0 Å². The molecule has 5 heteroatoms. The summed E-state index contributed by atoms with van der Waals surface area (Å²) in [5.74, 6) is 1.03. The Morgan fingerprint density at radius 3 is 2.83 bits per heavy atom. The number of aromatic nitrogens is 2. The standard InChI is InChI=1S/C19H25N3O2/c1-15-20-10-13-21(15)12-9-19(24)22-11-5-8-18(23)17(22)14-16-6-3-2-4-7-16/h2-4,6-7,10,13,17-18,23H,5,8-9,11-12,14H2,1H3/t17-,18-/m0/s1. The molecule has 1 aliphatic heterocycles. The molecule has 1 amide bonds. The molecule has 128 valence electrons. The van der Waals surface area contributed by atoms with E-state index in [2.05, 4.69) is 17.1 Å². The second-order valence-electron chi connectivity index (χ2n) is 6.47. The van der Waals surface area contributed by atoms with Gasteiger partial charge in [0.25, 0.3) is 0 Å². The third-order valence-corrected chi connectivity index (χ3v) is 4.84. The van der Waals surface area contributed by atoms with Crippen LogP contribution in [0.1, 0.15) is 30.7 Å². The van der Waals surface area contributed by atoms with E-state index in [1.807, 2.05) is 40.8 Å². The van der Waals surface area contributed by atoms with Crippen molar-refractivity contribution in [2.24, 2.45) is 0 Å². The van der Waals surface area contributed by atoms with Gasteiger partial charge in [-0.2, -0.15) is 0 Å². The predicted octanol–water partition coefficient (Wildman–Crippen LogP) is 2.18. The summed E-state index contributed by atoms with van der Waals surface area (Å²) in [6.07, 6.45) is 5.98. The van der Waals surface area contributed by atoms with Gasteiger partial charge in [0.2, 0.25) is 5.91 Å². The van der Waals surface area contributed by atoms with Gasteiger partial charge in [-0.3, -0.25) is 4.79 Å². The smallest absolute Gasteiger partial charge is 0.224 e. The molecule has 0 radical (unpaired) electrons. The maximum Gasteiger partial charge on any atom is 0.224 e. The Kier molecular flexibility index (Phi) is 5.30. The number of nitrogens with zero attached hydrogens (tertiary/aromatic N) is 3. The Labute approximate surface area is 142 Å². The minimum atomic E-state index is -0.446. The topological polar surface area (TPSA) is 58.4 Å². The molecule has 0 aliphatic carbocycles. The maximum atomic E-state index is 12.7. The van der Waals surface area contributed by atoms with Crippen LogP contribution in [0.25, 0.3) is 0 Å². The van der Waals surface area contributed by atoms with Crippen molar-refractivity contribution in [3.05, 3.63) is 54.1 Å². The lowest BCUT2D eigenvalue weighted by Gasteiger charge is -2.39. The van der Waals surface area contributed by atoms with Gasteiger partial charge in [0.1, 0.15) is 5.82 Å². The number of aliphatic hydroxyl groups is 1. The fourth-order valence-corrected chi connectivity index (χ4v) is 3.45. The molecule has 0 unspecified atom stereocenters. The first kappa shape index (κ1) is 16.7. The van der Waals surface area contributed by atoms with E-state index in [9.17, 15) is 9.90 Å². The highest BCUT2D eigenvalue weighted by Gasteiger charge is 2.32. The van der Waals surface area contributed by atoms with Crippen molar-refractivity contribution < 1.29 is 9.90 Å². The van der Waals surface area contributed by atoms with Gasteiger partial charge in [-0.1, -0.05) is 30.3 Å². The number of carbonyl (C=O) groups is 1. The number of rotatable bonds is 5. The summed E-state index contributed by atoms with van der Waals surface area (Å²) in [5, 5.41) is 10.4. The molecule has 1 aromatic heterocycles. The molecule has 1 N–H and O–H groups in total. The van der Waals surface area contributed by atoms with Gasteiger partial charge in [0.15, 0.2) is 0 Å². The molecule has 3 rings (SSSR count). The van der Waals surface area contributed by atoms with Gasteiger partial charge in [0.05, 0.1) is 12.1 Å². The molecule has 1 saturated heterocycles. The molecule has 2 aromatic rings. The quantitative estimate of drug-likeness (QED) is 0.916.